The molecule has 1 saturated carbocycles. The number of alkyl halides is 2. The van der Waals surface area contributed by atoms with Gasteiger partial charge in [-0.15, -0.1) is 0 Å². The summed E-state index contributed by atoms with van der Waals surface area (Å²) in [6, 6.07) is 0.950. The van der Waals surface area contributed by atoms with Crippen molar-refractivity contribution in [3.05, 3.63) is 46.1 Å². The minimum atomic E-state index is -2.92. The number of nitrogens with zero attached hydrogens (tertiary/aromatic N) is 4. The van der Waals surface area contributed by atoms with Gasteiger partial charge >= 0.3 is 6.03 Å². The van der Waals surface area contributed by atoms with Crippen molar-refractivity contribution in [2.75, 3.05) is 17.7 Å². The number of urea groups is 1. The number of nitrogens with one attached hydrogen (secondary N) is 3. The number of hydrogen-bond acceptors (Lipinski definition) is 6. The van der Waals surface area contributed by atoms with Gasteiger partial charge in [-0.25, -0.2) is 28.1 Å². The first-order valence-electron chi connectivity index (χ1n) is 9.58. The number of amides is 3. The zero-order valence-corrected chi connectivity index (χ0v) is 18.7. The Kier molecular flexibility index (Phi) is 6.08. The topological polar surface area (TPSA) is 123 Å². The molecule has 0 bridgehead atoms. The molecule has 2 atom stereocenters. The molecule has 3 aromatic heterocycles. The molecule has 0 aromatic carbocycles. The van der Waals surface area contributed by atoms with Crippen LogP contribution in [0.4, 0.5) is 25.0 Å². The van der Waals surface area contributed by atoms with Crippen molar-refractivity contribution in [1.82, 2.24) is 24.9 Å². The van der Waals surface area contributed by atoms with Crippen LogP contribution in [0.3, 0.4) is 0 Å². The standard InChI is InChI=1S/C19H17Cl2F2N7O3/c1-8(33-2)16-11(7-24-14-4-13(21)29-30(14)16)27-18(32)26-9-3-10(20)15(25-6-9)17(31)28-12-5-19(12,22)23/h3-4,6-8,12H,5H2,1-2H3,(H,28,31)(H2,26,27,32)/t8-,12?/m0/s1. The van der Waals surface area contributed by atoms with Gasteiger partial charge in [0.25, 0.3) is 11.8 Å². The molecule has 3 heterocycles. The number of halogens is 4. The van der Waals surface area contributed by atoms with Crippen LogP contribution < -0.4 is 16.0 Å². The maximum atomic E-state index is 13.0. The first kappa shape index (κ1) is 23.1. The molecule has 0 aliphatic heterocycles. The lowest BCUT2D eigenvalue weighted by Gasteiger charge is -2.17. The summed E-state index contributed by atoms with van der Waals surface area (Å²) >= 11 is 12.0. The number of pyridine rings is 1. The lowest BCUT2D eigenvalue weighted by Crippen LogP contribution is -2.30. The van der Waals surface area contributed by atoms with Crippen LogP contribution >= 0.6 is 23.2 Å². The number of ether oxygens (including phenoxy) is 1. The Morgan fingerprint density at radius 2 is 1.97 bits per heavy atom. The lowest BCUT2D eigenvalue weighted by molar-refractivity contribution is 0.0845. The van der Waals surface area contributed by atoms with E-state index in [1.165, 1.54) is 30.1 Å². The molecule has 174 valence electrons. The fourth-order valence-corrected chi connectivity index (χ4v) is 3.50. The van der Waals surface area contributed by atoms with Crippen molar-refractivity contribution in [3.63, 3.8) is 0 Å². The number of rotatable bonds is 6. The molecule has 0 spiro atoms. The van der Waals surface area contributed by atoms with E-state index in [2.05, 4.69) is 31.0 Å². The van der Waals surface area contributed by atoms with Crippen LogP contribution in [0.5, 0.6) is 0 Å². The van der Waals surface area contributed by atoms with E-state index in [-0.39, 0.29) is 21.6 Å². The van der Waals surface area contributed by atoms with Crippen LogP contribution in [-0.2, 0) is 4.74 Å². The van der Waals surface area contributed by atoms with Crippen molar-refractivity contribution in [2.24, 2.45) is 0 Å². The molecular formula is C19H17Cl2F2N7O3. The molecule has 4 rings (SSSR count). The fourth-order valence-electron chi connectivity index (χ4n) is 3.08. The second-order valence-corrected chi connectivity index (χ2v) is 8.09. The first-order chi connectivity index (χ1) is 15.6. The van der Waals surface area contributed by atoms with E-state index < -0.39 is 36.4 Å². The SMILES string of the molecule is CO[C@@H](C)c1c(NC(=O)Nc2cnc(C(=O)NC3CC3(F)F)c(Cl)c2)cnc2cc(Cl)nn12. The molecule has 3 amide bonds. The molecule has 0 radical (unpaired) electrons. The number of hydrogen-bond donors (Lipinski definition) is 3. The predicted octanol–water partition coefficient (Wildman–Crippen LogP) is 3.92. The Bertz CT molecular complexity index is 1250. The Balaban J connectivity index is 1.48. The summed E-state index contributed by atoms with van der Waals surface area (Å²) in [5.74, 6) is -3.74. The number of methoxy groups -OCH3 is 1. The van der Waals surface area contributed by atoms with Crippen LogP contribution in [0, 0.1) is 0 Å². The number of carbonyl (C=O) groups is 2. The van der Waals surface area contributed by atoms with E-state index in [9.17, 15) is 18.4 Å². The minimum Gasteiger partial charge on any atom is -0.375 e. The summed E-state index contributed by atoms with van der Waals surface area (Å²) in [5, 5.41) is 11.6. The van der Waals surface area contributed by atoms with Gasteiger partial charge in [0.1, 0.15) is 5.69 Å². The normalized spacial score (nSPS) is 17.5. The van der Waals surface area contributed by atoms with E-state index in [1.807, 2.05) is 0 Å². The third-order valence-electron chi connectivity index (χ3n) is 4.92. The Labute approximate surface area is 195 Å². The van der Waals surface area contributed by atoms with Crippen LogP contribution in [0.25, 0.3) is 5.65 Å². The maximum Gasteiger partial charge on any atom is 0.323 e. The van der Waals surface area contributed by atoms with Gasteiger partial charge in [0.05, 0.1) is 46.6 Å². The van der Waals surface area contributed by atoms with Crippen molar-refractivity contribution in [1.29, 1.82) is 0 Å². The number of anilines is 2. The number of aromatic nitrogens is 4. The maximum absolute atomic E-state index is 13.0. The number of fused-ring (bicyclic) bond motifs is 1. The van der Waals surface area contributed by atoms with Crippen LogP contribution in [0.1, 0.15) is 35.6 Å². The summed E-state index contributed by atoms with van der Waals surface area (Å²) in [4.78, 5) is 32.7. The highest BCUT2D eigenvalue weighted by atomic mass is 35.5. The highest BCUT2D eigenvalue weighted by Gasteiger charge is 2.58. The van der Waals surface area contributed by atoms with Crippen molar-refractivity contribution >= 4 is 52.2 Å². The van der Waals surface area contributed by atoms with Crippen LogP contribution in [-0.4, -0.2) is 50.6 Å². The molecule has 14 heteroatoms. The molecule has 3 aromatic rings. The molecular weight excluding hydrogens is 483 g/mol. The van der Waals surface area contributed by atoms with Crippen LogP contribution in [0.15, 0.2) is 24.5 Å². The average molecular weight is 500 g/mol. The van der Waals surface area contributed by atoms with Gasteiger partial charge in [-0.3, -0.25) is 4.79 Å². The molecule has 0 saturated heterocycles. The third-order valence-corrected chi connectivity index (χ3v) is 5.40. The van der Waals surface area contributed by atoms with Gasteiger partial charge in [0.15, 0.2) is 10.8 Å². The van der Waals surface area contributed by atoms with E-state index in [1.54, 1.807) is 13.0 Å². The largest absolute Gasteiger partial charge is 0.375 e. The minimum absolute atomic E-state index is 0.114. The summed E-state index contributed by atoms with van der Waals surface area (Å²) in [5.41, 5.74) is 1.23. The second-order valence-electron chi connectivity index (χ2n) is 7.30. The average Bonchev–Trinajstić information content (AvgIpc) is 3.15. The molecule has 1 aliphatic carbocycles. The Morgan fingerprint density at radius 3 is 2.61 bits per heavy atom. The second kappa shape index (κ2) is 8.69. The molecule has 3 N–H and O–H groups in total. The fraction of sp³-hybridized carbons (Fsp3) is 0.316. The first-order valence-corrected chi connectivity index (χ1v) is 10.3. The van der Waals surface area contributed by atoms with Crippen molar-refractivity contribution < 1.29 is 23.1 Å². The monoisotopic (exact) mass is 499 g/mol. The summed E-state index contributed by atoms with van der Waals surface area (Å²) in [7, 11) is 1.50. The van der Waals surface area contributed by atoms with Gasteiger partial charge in [-0.2, -0.15) is 5.10 Å². The summed E-state index contributed by atoms with van der Waals surface area (Å²) < 4.78 is 32.8. The van der Waals surface area contributed by atoms with E-state index >= 15 is 0 Å². The zero-order valence-electron chi connectivity index (χ0n) is 17.2. The van der Waals surface area contributed by atoms with Gasteiger partial charge in [0.2, 0.25) is 0 Å². The summed E-state index contributed by atoms with van der Waals surface area (Å²) in [6.07, 6.45) is 1.73. The van der Waals surface area contributed by atoms with Gasteiger partial charge in [0, 0.05) is 19.6 Å². The molecule has 33 heavy (non-hydrogen) atoms. The zero-order chi connectivity index (χ0) is 23.9. The molecule has 10 nitrogen and oxygen atoms in total. The molecule has 1 unspecified atom stereocenters. The van der Waals surface area contributed by atoms with Crippen molar-refractivity contribution in [3.8, 4) is 0 Å². The van der Waals surface area contributed by atoms with Crippen molar-refractivity contribution in [2.45, 2.75) is 31.4 Å². The highest BCUT2D eigenvalue weighted by molar-refractivity contribution is 6.33. The Morgan fingerprint density at radius 1 is 1.24 bits per heavy atom. The molecule has 1 fully saturated rings. The number of carbonyl (C=O) groups excluding carboxylic acids is 2. The third kappa shape index (κ3) is 4.82. The van der Waals surface area contributed by atoms with Gasteiger partial charge < -0.3 is 20.7 Å². The lowest BCUT2D eigenvalue weighted by atomic mass is 10.2. The smallest absolute Gasteiger partial charge is 0.323 e. The predicted molar refractivity (Wildman–Crippen MR) is 116 cm³/mol. The van der Waals surface area contributed by atoms with E-state index in [0.717, 1.165) is 0 Å². The highest BCUT2D eigenvalue weighted by Crippen LogP contribution is 2.41. The van der Waals surface area contributed by atoms with E-state index in [4.69, 9.17) is 27.9 Å². The molecule has 1 aliphatic rings. The van der Waals surface area contributed by atoms with Gasteiger partial charge in [-0.05, 0) is 13.0 Å². The summed E-state index contributed by atoms with van der Waals surface area (Å²) in [6.45, 7) is 1.76. The van der Waals surface area contributed by atoms with E-state index in [0.29, 0.717) is 17.0 Å². The van der Waals surface area contributed by atoms with Crippen LogP contribution in [0.2, 0.25) is 10.2 Å². The quantitative estimate of drug-likeness (QED) is 0.472. The van der Waals surface area contributed by atoms with Gasteiger partial charge in [-0.1, -0.05) is 23.2 Å². The Hall–Kier alpha value is -3.09.